The molecule has 1 saturated carbocycles. The first kappa shape index (κ1) is 10.4. The van der Waals surface area contributed by atoms with Crippen LogP contribution in [0.5, 0.6) is 0 Å². The lowest BCUT2D eigenvalue weighted by molar-refractivity contribution is -0.00555. The van der Waals surface area contributed by atoms with Crippen molar-refractivity contribution in [3.05, 3.63) is 0 Å². The van der Waals surface area contributed by atoms with Crippen LogP contribution in [0.25, 0.3) is 0 Å². The maximum atomic E-state index is 5.13. The van der Waals surface area contributed by atoms with Crippen molar-refractivity contribution in [1.29, 1.82) is 0 Å². The van der Waals surface area contributed by atoms with Crippen LogP contribution in [0.15, 0.2) is 0 Å². The summed E-state index contributed by atoms with van der Waals surface area (Å²) in [5.41, 5.74) is 0. The van der Waals surface area contributed by atoms with Crippen molar-refractivity contribution in [2.24, 2.45) is 11.8 Å². The molecule has 2 aliphatic rings. The Hall–Kier alpha value is -0.0800. The number of rotatable bonds is 4. The molecule has 1 aliphatic carbocycles. The maximum absolute atomic E-state index is 5.13. The van der Waals surface area contributed by atoms with E-state index in [0.29, 0.717) is 6.04 Å². The van der Waals surface area contributed by atoms with Gasteiger partial charge in [0.1, 0.15) is 0 Å². The lowest BCUT2D eigenvalue weighted by atomic mass is 9.81. The van der Waals surface area contributed by atoms with Gasteiger partial charge in [-0.2, -0.15) is 0 Å². The molecule has 1 saturated heterocycles. The molecule has 0 aromatic carbocycles. The van der Waals surface area contributed by atoms with Crippen LogP contribution >= 0.6 is 0 Å². The van der Waals surface area contributed by atoms with Crippen molar-refractivity contribution in [1.82, 2.24) is 5.32 Å². The van der Waals surface area contributed by atoms with E-state index < -0.39 is 0 Å². The Balaban J connectivity index is 1.52. The predicted molar refractivity (Wildman–Crippen MR) is 58.3 cm³/mol. The Morgan fingerprint density at radius 1 is 1.14 bits per heavy atom. The van der Waals surface area contributed by atoms with Crippen molar-refractivity contribution in [2.45, 2.75) is 45.1 Å². The molecule has 0 aromatic heterocycles. The van der Waals surface area contributed by atoms with Gasteiger partial charge in [0.2, 0.25) is 0 Å². The topological polar surface area (TPSA) is 21.3 Å². The van der Waals surface area contributed by atoms with Gasteiger partial charge in [-0.3, -0.25) is 0 Å². The van der Waals surface area contributed by atoms with Crippen molar-refractivity contribution in [3.8, 4) is 0 Å². The average Bonchev–Trinajstić information content (AvgIpc) is 2.12. The van der Waals surface area contributed by atoms with Gasteiger partial charge in [0.15, 0.2) is 0 Å². The van der Waals surface area contributed by atoms with Crippen molar-refractivity contribution in [2.75, 3.05) is 19.8 Å². The second kappa shape index (κ2) is 5.13. The number of hydrogen-bond donors (Lipinski definition) is 1. The van der Waals surface area contributed by atoms with Gasteiger partial charge in [-0.05, 0) is 24.8 Å². The molecule has 0 amide bonds. The minimum absolute atomic E-state index is 0.664. The van der Waals surface area contributed by atoms with Crippen molar-refractivity contribution in [3.63, 3.8) is 0 Å². The zero-order valence-electron chi connectivity index (χ0n) is 9.30. The van der Waals surface area contributed by atoms with Gasteiger partial charge in [0.05, 0.1) is 19.3 Å². The zero-order chi connectivity index (χ0) is 9.80. The molecule has 0 radical (unpaired) electrons. The van der Waals surface area contributed by atoms with Crippen LogP contribution in [0.4, 0.5) is 0 Å². The first-order valence-electron chi connectivity index (χ1n) is 6.15. The van der Waals surface area contributed by atoms with Crippen LogP contribution in [0.2, 0.25) is 0 Å². The van der Waals surface area contributed by atoms with E-state index in [-0.39, 0.29) is 0 Å². The van der Waals surface area contributed by atoms with E-state index in [1.54, 1.807) is 0 Å². The summed E-state index contributed by atoms with van der Waals surface area (Å²) in [5.74, 6) is 1.99. The Labute approximate surface area is 87.4 Å². The van der Waals surface area contributed by atoms with Gasteiger partial charge in [-0.1, -0.05) is 32.6 Å². The summed E-state index contributed by atoms with van der Waals surface area (Å²) >= 11 is 0. The second-order valence-electron chi connectivity index (χ2n) is 5.10. The molecule has 0 bridgehead atoms. The van der Waals surface area contributed by atoms with E-state index in [0.717, 1.165) is 25.0 Å². The minimum atomic E-state index is 0.664. The van der Waals surface area contributed by atoms with Gasteiger partial charge >= 0.3 is 0 Å². The molecule has 14 heavy (non-hydrogen) atoms. The van der Waals surface area contributed by atoms with E-state index in [2.05, 4.69) is 12.2 Å². The van der Waals surface area contributed by atoms with E-state index in [1.807, 2.05) is 0 Å². The molecule has 1 aliphatic heterocycles. The van der Waals surface area contributed by atoms with E-state index >= 15 is 0 Å². The van der Waals surface area contributed by atoms with Crippen molar-refractivity contribution >= 4 is 0 Å². The van der Waals surface area contributed by atoms with Crippen LogP contribution in [0.3, 0.4) is 0 Å². The highest BCUT2D eigenvalue weighted by molar-refractivity contribution is 4.75. The van der Waals surface area contributed by atoms with Gasteiger partial charge in [0.25, 0.3) is 0 Å². The maximum Gasteiger partial charge on any atom is 0.0643 e. The first-order valence-corrected chi connectivity index (χ1v) is 6.15. The molecule has 2 nitrogen and oxygen atoms in total. The summed E-state index contributed by atoms with van der Waals surface area (Å²) in [5, 5.41) is 3.55. The Kier molecular flexibility index (Phi) is 3.82. The highest BCUT2D eigenvalue weighted by Gasteiger charge is 2.20. The average molecular weight is 197 g/mol. The molecular formula is C12H23NO. The normalized spacial score (nSPS) is 34.1. The van der Waals surface area contributed by atoms with Crippen LogP contribution in [-0.2, 0) is 4.74 Å². The molecular weight excluding hydrogens is 174 g/mol. The quantitative estimate of drug-likeness (QED) is 0.746. The molecule has 0 aromatic rings. The number of nitrogens with one attached hydrogen (secondary N) is 1. The standard InChI is InChI=1S/C12H23NO/c1-10-2-4-11(5-3-10)6-7-13-12-8-14-9-12/h10-13H,2-9H2,1H3. The third-order valence-corrected chi connectivity index (χ3v) is 3.76. The van der Waals surface area contributed by atoms with Crippen LogP contribution < -0.4 is 5.32 Å². The fourth-order valence-corrected chi connectivity index (χ4v) is 2.46. The zero-order valence-corrected chi connectivity index (χ0v) is 9.30. The smallest absolute Gasteiger partial charge is 0.0643 e. The van der Waals surface area contributed by atoms with Crippen molar-refractivity contribution < 1.29 is 4.74 Å². The number of ether oxygens (including phenoxy) is 1. The fraction of sp³-hybridized carbons (Fsp3) is 1.00. The SMILES string of the molecule is CC1CCC(CCNC2COC2)CC1. The Bertz CT molecular complexity index is 160. The summed E-state index contributed by atoms with van der Waals surface area (Å²) in [6.07, 6.45) is 7.21. The Morgan fingerprint density at radius 3 is 2.43 bits per heavy atom. The van der Waals surface area contributed by atoms with E-state index in [4.69, 9.17) is 4.74 Å². The van der Waals surface area contributed by atoms with Gasteiger partial charge in [-0.25, -0.2) is 0 Å². The van der Waals surface area contributed by atoms with Crippen LogP contribution in [0.1, 0.15) is 39.0 Å². The van der Waals surface area contributed by atoms with E-state index in [9.17, 15) is 0 Å². The summed E-state index contributed by atoms with van der Waals surface area (Å²) in [4.78, 5) is 0. The lowest BCUT2D eigenvalue weighted by Gasteiger charge is -2.29. The lowest BCUT2D eigenvalue weighted by Crippen LogP contribution is -2.46. The molecule has 82 valence electrons. The van der Waals surface area contributed by atoms with E-state index in [1.165, 1.54) is 38.6 Å². The summed E-state index contributed by atoms with van der Waals surface area (Å²) in [6.45, 7) is 5.46. The second-order valence-corrected chi connectivity index (χ2v) is 5.10. The molecule has 2 rings (SSSR count). The summed E-state index contributed by atoms with van der Waals surface area (Å²) in [7, 11) is 0. The monoisotopic (exact) mass is 197 g/mol. The molecule has 1 N–H and O–H groups in total. The third-order valence-electron chi connectivity index (χ3n) is 3.76. The van der Waals surface area contributed by atoms with Crippen LogP contribution in [0, 0.1) is 11.8 Å². The summed E-state index contributed by atoms with van der Waals surface area (Å²) in [6, 6.07) is 0.664. The third kappa shape index (κ3) is 2.96. The largest absolute Gasteiger partial charge is 0.378 e. The highest BCUT2D eigenvalue weighted by atomic mass is 16.5. The summed E-state index contributed by atoms with van der Waals surface area (Å²) < 4.78 is 5.13. The fourth-order valence-electron chi connectivity index (χ4n) is 2.46. The van der Waals surface area contributed by atoms with Gasteiger partial charge < -0.3 is 10.1 Å². The molecule has 0 atom stereocenters. The first-order chi connectivity index (χ1) is 6.84. The molecule has 2 fully saturated rings. The molecule has 0 unspecified atom stereocenters. The number of hydrogen-bond acceptors (Lipinski definition) is 2. The molecule has 2 heteroatoms. The van der Waals surface area contributed by atoms with Gasteiger partial charge in [0, 0.05) is 0 Å². The molecule has 0 spiro atoms. The minimum Gasteiger partial charge on any atom is -0.378 e. The highest BCUT2D eigenvalue weighted by Crippen LogP contribution is 2.29. The van der Waals surface area contributed by atoms with Gasteiger partial charge in [-0.15, -0.1) is 0 Å². The predicted octanol–water partition coefficient (Wildman–Crippen LogP) is 2.19. The molecule has 1 heterocycles. The Morgan fingerprint density at radius 2 is 1.86 bits per heavy atom. The van der Waals surface area contributed by atoms with Crippen LogP contribution in [-0.4, -0.2) is 25.8 Å².